The molecule has 0 atom stereocenters. The third kappa shape index (κ3) is 3.18. The predicted molar refractivity (Wildman–Crippen MR) is 67.3 cm³/mol. The zero-order valence-electron chi connectivity index (χ0n) is 11.2. The molecule has 0 unspecified atom stereocenters. The van der Waals surface area contributed by atoms with Crippen molar-refractivity contribution in [3.8, 4) is 0 Å². The molecule has 1 aliphatic rings. The zero-order valence-corrected chi connectivity index (χ0v) is 11.2. The molecule has 0 saturated carbocycles. The van der Waals surface area contributed by atoms with E-state index in [0.717, 1.165) is 0 Å². The smallest absolute Gasteiger partial charge is 0.0303 e. The van der Waals surface area contributed by atoms with Gasteiger partial charge in [0, 0.05) is 17.6 Å². The average Bonchev–Trinajstić information content (AvgIpc) is 2.39. The second-order valence-corrected chi connectivity index (χ2v) is 5.86. The maximum atomic E-state index is 3.75. The van der Waals surface area contributed by atoms with Crippen LogP contribution in [0.1, 0.15) is 53.9 Å². The van der Waals surface area contributed by atoms with Gasteiger partial charge in [-0.25, -0.2) is 0 Å². The first-order valence-electron chi connectivity index (χ1n) is 6.43. The molecule has 90 valence electrons. The van der Waals surface area contributed by atoms with Gasteiger partial charge in [0.2, 0.25) is 0 Å². The minimum absolute atomic E-state index is 0.307. The average molecular weight is 212 g/mol. The molecule has 1 saturated heterocycles. The fourth-order valence-corrected chi connectivity index (χ4v) is 2.42. The van der Waals surface area contributed by atoms with Gasteiger partial charge in [0.15, 0.2) is 0 Å². The van der Waals surface area contributed by atoms with E-state index < -0.39 is 0 Å². The van der Waals surface area contributed by atoms with Crippen LogP contribution >= 0.6 is 0 Å². The Labute approximate surface area is 95.4 Å². The molecule has 1 heterocycles. The normalized spacial score (nSPS) is 23.8. The van der Waals surface area contributed by atoms with E-state index in [2.05, 4.69) is 44.8 Å². The fourth-order valence-electron chi connectivity index (χ4n) is 2.42. The summed E-state index contributed by atoms with van der Waals surface area (Å²) < 4.78 is 0. The number of hydrogen-bond acceptors (Lipinski definition) is 2. The van der Waals surface area contributed by atoms with Gasteiger partial charge in [-0.2, -0.15) is 0 Å². The predicted octanol–water partition coefficient (Wildman–Crippen LogP) is 2.64. The lowest BCUT2D eigenvalue weighted by Gasteiger charge is -2.41. The molecule has 0 bridgehead atoms. The minimum atomic E-state index is 0.307. The van der Waals surface area contributed by atoms with Gasteiger partial charge in [-0.05, 0) is 53.1 Å². The van der Waals surface area contributed by atoms with Crippen LogP contribution in [0.3, 0.4) is 0 Å². The van der Waals surface area contributed by atoms with Crippen LogP contribution in [-0.4, -0.2) is 35.6 Å². The molecular formula is C13H28N2. The van der Waals surface area contributed by atoms with Crippen LogP contribution in [0.2, 0.25) is 0 Å². The standard InChI is InChI=1S/C13H28N2/c1-6-13(7-2)11-15(12(3,4)5)10-8-9-14-13/h14H,6-11H2,1-5H3. The second kappa shape index (κ2) is 4.84. The van der Waals surface area contributed by atoms with E-state index in [9.17, 15) is 0 Å². The van der Waals surface area contributed by atoms with Crippen molar-refractivity contribution in [2.75, 3.05) is 19.6 Å². The molecule has 0 amide bonds. The highest BCUT2D eigenvalue weighted by Gasteiger charge is 2.34. The van der Waals surface area contributed by atoms with Crippen molar-refractivity contribution in [1.29, 1.82) is 0 Å². The first-order chi connectivity index (χ1) is 6.93. The molecule has 0 radical (unpaired) electrons. The summed E-state index contributed by atoms with van der Waals surface area (Å²) in [5.41, 5.74) is 0.658. The quantitative estimate of drug-likeness (QED) is 0.757. The highest BCUT2D eigenvalue weighted by Crippen LogP contribution is 2.24. The topological polar surface area (TPSA) is 15.3 Å². The zero-order chi connectivity index (χ0) is 11.5. The Morgan fingerprint density at radius 1 is 1.20 bits per heavy atom. The molecule has 0 aromatic heterocycles. The molecule has 0 aromatic carbocycles. The van der Waals surface area contributed by atoms with Gasteiger partial charge in [0.25, 0.3) is 0 Å². The summed E-state index contributed by atoms with van der Waals surface area (Å²) in [6.07, 6.45) is 3.74. The molecule has 0 aromatic rings. The SMILES string of the molecule is CCC1(CC)CN(C(C)(C)C)CCCN1. The lowest BCUT2D eigenvalue weighted by atomic mass is 9.90. The van der Waals surface area contributed by atoms with E-state index in [1.54, 1.807) is 0 Å². The van der Waals surface area contributed by atoms with Crippen LogP contribution in [0, 0.1) is 0 Å². The Bertz CT molecular complexity index is 189. The van der Waals surface area contributed by atoms with Crippen molar-refractivity contribution in [3.63, 3.8) is 0 Å². The van der Waals surface area contributed by atoms with Crippen LogP contribution in [0.25, 0.3) is 0 Å². The number of nitrogens with one attached hydrogen (secondary N) is 1. The van der Waals surface area contributed by atoms with Crippen molar-refractivity contribution >= 4 is 0 Å². The Hall–Kier alpha value is -0.0800. The third-order valence-corrected chi connectivity index (χ3v) is 3.90. The van der Waals surface area contributed by atoms with Crippen LogP contribution in [0.15, 0.2) is 0 Å². The fraction of sp³-hybridized carbons (Fsp3) is 1.00. The summed E-state index contributed by atoms with van der Waals surface area (Å²) in [6.45, 7) is 15.2. The van der Waals surface area contributed by atoms with Gasteiger partial charge in [0.05, 0.1) is 0 Å². The summed E-state index contributed by atoms with van der Waals surface area (Å²) in [6, 6.07) is 0. The molecule has 1 N–H and O–H groups in total. The monoisotopic (exact) mass is 212 g/mol. The summed E-state index contributed by atoms with van der Waals surface area (Å²) in [5, 5.41) is 3.75. The van der Waals surface area contributed by atoms with Crippen molar-refractivity contribution < 1.29 is 0 Å². The molecule has 0 spiro atoms. The molecule has 1 fully saturated rings. The number of nitrogens with zero attached hydrogens (tertiary/aromatic N) is 1. The Kier molecular flexibility index (Phi) is 4.19. The highest BCUT2D eigenvalue weighted by molar-refractivity contribution is 4.94. The molecule has 1 rings (SSSR count). The first-order valence-corrected chi connectivity index (χ1v) is 6.43. The first kappa shape index (κ1) is 13.0. The Morgan fingerprint density at radius 2 is 1.80 bits per heavy atom. The van der Waals surface area contributed by atoms with Crippen molar-refractivity contribution in [3.05, 3.63) is 0 Å². The lowest BCUT2D eigenvalue weighted by molar-refractivity contribution is 0.103. The summed E-state index contributed by atoms with van der Waals surface area (Å²) >= 11 is 0. The van der Waals surface area contributed by atoms with Crippen LogP contribution in [0.4, 0.5) is 0 Å². The van der Waals surface area contributed by atoms with E-state index in [1.165, 1.54) is 38.9 Å². The summed E-state index contributed by atoms with van der Waals surface area (Å²) in [7, 11) is 0. The van der Waals surface area contributed by atoms with E-state index in [1.807, 2.05) is 0 Å². The second-order valence-electron chi connectivity index (χ2n) is 5.86. The maximum absolute atomic E-state index is 3.75. The van der Waals surface area contributed by atoms with Crippen molar-refractivity contribution in [2.24, 2.45) is 0 Å². The van der Waals surface area contributed by atoms with E-state index in [-0.39, 0.29) is 0 Å². The van der Waals surface area contributed by atoms with Gasteiger partial charge in [0.1, 0.15) is 0 Å². The minimum Gasteiger partial charge on any atom is -0.310 e. The summed E-state index contributed by atoms with van der Waals surface area (Å²) in [5.74, 6) is 0. The Morgan fingerprint density at radius 3 is 2.27 bits per heavy atom. The molecule has 2 heteroatoms. The van der Waals surface area contributed by atoms with Crippen LogP contribution in [-0.2, 0) is 0 Å². The van der Waals surface area contributed by atoms with Crippen molar-refractivity contribution in [1.82, 2.24) is 10.2 Å². The van der Waals surface area contributed by atoms with Crippen molar-refractivity contribution in [2.45, 2.75) is 65.0 Å². The van der Waals surface area contributed by atoms with Crippen LogP contribution < -0.4 is 5.32 Å². The highest BCUT2D eigenvalue weighted by atomic mass is 15.2. The maximum Gasteiger partial charge on any atom is 0.0303 e. The molecular weight excluding hydrogens is 184 g/mol. The van der Waals surface area contributed by atoms with Gasteiger partial charge < -0.3 is 5.32 Å². The molecule has 0 aliphatic carbocycles. The van der Waals surface area contributed by atoms with Gasteiger partial charge in [-0.3, -0.25) is 4.90 Å². The summed E-state index contributed by atoms with van der Waals surface area (Å²) in [4.78, 5) is 2.64. The van der Waals surface area contributed by atoms with Gasteiger partial charge in [-0.15, -0.1) is 0 Å². The molecule has 15 heavy (non-hydrogen) atoms. The number of hydrogen-bond donors (Lipinski definition) is 1. The third-order valence-electron chi connectivity index (χ3n) is 3.90. The van der Waals surface area contributed by atoms with Gasteiger partial charge >= 0.3 is 0 Å². The molecule has 1 aliphatic heterocycles. The van der Waals surface area contributed by atoms with Crippen LogP contribution in [0.5, 0.6) is 0 Å². The Balaban J connectivity index is 2.77. The van der Waals surface area contributed by atoms with E-state index in [4.69, 9.17) is 0 Å². The molecule has 2 nitrogen and oxygen atoms in total. The van der Waals surface area contributed by atoms with Gasteiger partial charge in [-0.1, -0.05) is 13.8 Å². The van der Waals surface area contributed by atoms with E-state index >= 15 is 0 Å². The lowest BCUT2D eigenvalue weighted by Crippen LogP contribution is -2.54. The van der Waals surface area contributed by atoms with E-state index in [0.29, 0.717) is 11.1 Å². The largest absolute Gasteiger partial charge is 0.310 e. The number of rotatable bonds is 2.